The zero-order valence-electron chi connectivity index (χ0n) is 11.0. The minimum absolute atomic E-state index is 0.104. The molecule has 0 heterocycles. The van der Waals surface area contributed by atoms with Gasteiger partial charge in [-0.05, 0) is 18.4 Å². The van der Waals surface area contributed by atoms with E-state index in [0.29, 0.717) is 12.1 Å². The van der Waals surface area contributed by atoms with E-state index in [2.05, 4.69) is 5.32 Å². The van der Waals surface area contributed by atoms with Gasteiger partial charge in [-0.1, -0.05) is 39.0 Å². The third-order valence-electron chi connectivity index (χ3n) is 2.99. The summed E-state index contributed by atoms with van der Waals surface area (Å²) < 4.78 is 13.5. The molecule has 17 heavy (non-hydrogen) atoms. The van der Waals surface area contributed by atoms with Gasteiger partial charge in [0.2, 0.25) is 0 Å². The molecule has 0 amide bonds. The molecule has 0 radical (unpaired) electrons. The molecule has 0 bridgehead atoms. The molecular formula is C14H22FNO. The van der Waals surface area contributed by atoms with E-state index in [1.807, 2.05) is 33.8 Å². The van der Waals surface area contributed by atoms with Gasteiger partial charge in [-0.15, -0.1) is 0 Å². The Morgan fingerprint density at radius 2 is 1.88 bits per heavy atom. The Labute approximate surface area is 103 Å². The quantitative estimate of drug-likeness (QED) is 0.846. The number of halogens is 1. The van der Waals surface area contributed by atoms with E-state index in [4.69, 9.17) is 0 Å². The summed E-state index contributed by atoms with van der Waals surface area (Å²) >= 11 is 0. The van der Waals surface area contributed by atoms with E-state index in [-0.39, 0.29) is 17.3 Å². The van der Waals surface area contributed by atoms with Gasteiger partial charge in [0, 0.05) is 18.2 Å². The van der Waals surface area contributed by atoms with Gasteiger partial charge < -0.3 is 10.4 Å². The summed E-state index contributed by atoms with van der Waals surface area (Å²) in [6.07, 6.45) is -0.447. The van der Waals surface area contributed by atoms with Gasteiger partial charge in [0.25, 0.3) is 0 Å². The molecule has 2 atom stereocenters. The number of benzene rings is 1. The van der Waals surface area contributed by atoms with Gasteiger partial charge in [0.15, 0.2) is 0 Å². The summed E-state index contributed by atoms with van der Waals surface area (Å²) in [7, 11) is 0. The second kappa shape index (κ2) is 5.61. The van der Waals surface area contributed by atoms with Crippen LogP contribution in [0.25, 0.3) is 0 Å². The van der Waals surface area contributed by atoms with Gasteiger partial charge in [-0.2, -0.15) is 0 Å². The molecule has 0 saturated carbocycles. The predicted molar refractivity (Wildman–Crippen MR) is 68.3 cm³/mol. The zero-order valence-corrected chi connectivity index (χ0v) is 11.0. The fourth-order valence-corrected chi connectivity index (χ4v) is 1.53. The van der Waals surface area contributed by atoms with Gasteiger partial charge in [0.05, 0.1) is 6.10 Å². The monoisotopic (exact) mass is 239 g/mol. The summed E-state index contributed by atoms with van der Waals surface area (Å²) in [5.41, 5.74) is 0.468. The van der Waals surface area contributed by atoms with Crippen molar-refractivity contribution >= 4 is 0 Å². The molecule has 96 valence electrons. The molecule has 0 aliphatic carbocycles. The topological polar surface area (TPSA) is 32.3 Å². The average molecular weight is 239 g/mol. The lowest BCUT2D eigenvalue weighted by molar-refractivity contribution is 0.0608. The lowest BCUT2D eigenvalue weighted by Gasteiger charge is -2.27. The average Bonchev–Trinajstić information content (AvgIpc) is 2.24. The lowest BCUT2D eigenvalue weighted by atomic mass is 9.89. The zero-order chi connectivity index (χ0) is 13.1. The Morgan fingerprint density at radius 1 is 1.29 bits per heavy atom. The molecule has 3 heteroatoms. The molecule has 1 aromatic rings. The van der Waals surface area contributed by atoms with Crippen molar-refractivity contribution in [1.82, 2.24) is 5.32 Å². The normalized spacial score (nSPS) is 15.6. The first-order chi connectivity index (χ1) is 7.82. The van der Waals surface area contributed by atoms with Crippen molar-refractivity contribution in [2.75, 3.05) is 6.54 Å². The van der Waals surface area contributed by atoms with Gasteiger partial charge in [-0.25, -0.2) is 4.39 Å². The third-order valence-corrected chi connectivity index (χ3v) is 2.99. The van der Waals surface area contributed by atoms with Crippen LogP contribution in [0.15, 0.2) is 24.3 Å². The molecule has 2 unspecified atom stereocenters. The number of hydrogen-bond acceptors (Lipinski definition) is 2. The maximum Gasteiger partial charge on any atom is 0.127 e. The molecule has 1 aromatic carbocycles. The van der Waals surface area contributed by atoms with E-state index in [0.717, 1.165) is 0 Å². The van der Waals surface area contributed by atoms with E-state index in [1.54, 1.807) is 12.1 Å². The first-order valence-electron chi connectivity index (χ1n) is 5.98. The van der Waals surface area contributed by atoms with Crippen LogP contribution in [0.3, 0.4) is 0 Å². The summed E-state index contributed by atoms with van der Waals surface area (Å²) in [5, 5.41) is 13.1. The number of aliphatic hydroxyl groups is 1. The van der Waals surface area contributed by atoms with E-state index < -0.39 is 6.10 Å². The molecule has 0 fully saturated rings. The second-order valence-corrected chi connectivity index (χ2v) is 5.53. The van der Waals surface area contributed by atoms with Crippen molar-refractivity contribution in [1.29, 1.82) is 0 Å². The maximum absolute atomic E-state index is 13.5. The van der Waals surface area contributed by atoms with Crippen LogP contribution in [0.5, 0.6) is 0 Å². The van der Waals surface area contributed by atoms with E-state index in [9.17, 15) is 9.50 Å². The molecule has 0 aliphatic heterocycles. The molecule has 0 aromatic heterocycles. The molecular weight excluding hydrogens is 217 g/mol. The largest absolute Gasteiger partial charge is 0.391 e. The lowest BCUT2D eigenvalue weighted by Crippen LogP contribution is -2.37. The van der Waals surface area contributed by atoms with Crippen LogP contribution in [-0.4, -0.2) is 17.8 Å². The van der Waals surface area contributed by atoms with Crippen molar-refractivity contribution in [3.63, 3.8) is 0 Å². The summed E-state index contributed by atoms with van der Waals surface area (Å²) in [6.45, 7) is 8.29. The minimum Gasteiger partial charge on any atom is -0.391 e. The predicted octanol–water partition coefficient (Wildman–Crippen LogP) is 2.88. The van der Waals surface area contributed by atoms with Crippen molar-refractivity contribution in [3.05, 3.63) is 35.6 Å². The first kappa shape index (κ1) is 14.1. The van der Waals surface area contributed by atoms with Crippen LogP contribution < -0.4 is 5.32 Å². The van der Waals surface area contributed by atoms with E-state index >= 15 is 0 Å². The van der Waals surface area contributed by atoms with Crippen LogP contribution in [-0.2, 0) is 0 Å². The smallest absolute Gasteiger partial charge is 0.127 e. The van der Waals surface area contributed by atoms with E-state index in [1.165, 1.54) is 6.07 Å². The first-order valence-corrected chi connectivity index (χ1v) is 5.98. The number of aliphatic hydroxyl groups excluding tert-OH is 1. The second-order valence-electron chi connectivity index (χ2n) is 5.53. The molecule has 0 saturated heterocycles. The third kappa shape index (κ3) is 4.10. The van der Waals surface area contributed by atoms with Crippen molar-refractivity contribution in [2.45, 2.75) is 39.8 Å². The van der Waals surface area contributed by atoms with Crippen molar-refractivity contribution < 1.29 is 9.50 Å². The van der Waals surface area contributed by atoms with Crippen LogP contribution in [0.2, 0.25) is 0 Å². The fourth-order valence-electron chi connectivity index (χ4n) is 1.53. The van der Waals surface area contributed by atoms with Gasteiger partial charge >= 0.3 is 0 Å². The standard InChI is InChI=1S/C14H22FNO/c1-10(11-7-5-6-8-12(11)15)16-9-13(17)14(2,3)4/h5-8,10,13,16-17H,9H2,1-4H3. The molecule has 2 N–H and O–H groups in total. The fraction of sp³-hybridized carbons (Fsp3) is 0.571. The van der Waals surface area contributed by atoms with Crippen LogP contribution in [0.4, 0.5) is 4.39 Å². The Bertz CT molecular complexity index is 359. The molecule has 0 aliphatic rings. The Hall–Kier alpha value is -0.930. The highest BCUT2D eigenvalue weighted by Gasteiger charge is 2.22. The highest BCUT2D eigenvalue weighted by atomic mass is 19.1. The summed E-state index contributed by atoms with van der Waals surface area (Å²) in [4.78, 5) is 0. The van der Waals surface area contributed by atoms with Crippen molar-refractivity contribution in [3.8, 4) is 0 Å². The summed E-state index contributed by atoms with van der Waals surface area (Å²) in [6, 6.07) is 6.60. The van der Waals surface area contributed by atoms with Crippen LogP contribution in [0, 0.1) is 11.2 Å². The number of hydrogen-bond donors (Lipinski definition) is 2. The summed E-state index contributed by atoms with van der Waals surface area (Å²) in [5.74, 6) is -0.210. The molecule has 2 nitrogen and oxygen atoms in total. The van der Waals surface area contributed by atoms with Gasteiger partial charge in [0.1, 0.15) is 5.82 Å². The Morgan fingerprint density at radius 3 is 2.41 bits per heavy atom. The SMILES string of the molecule is CC(NCC(O)C(C)(C)C)c1ccccc1F. The Kier molecular flexibility index (Phi) is 4.66. The van der Waals surface area contributed by atoms with Crippen LogP contribution >= 0.6 is 0 Å². The highest BCUT2D eigenvalue weighted by molar-refractivity contribution is 5.20. The molecule has 1 rings (SSSR count). The maximum atomic E-state index is 13.5. The van der Waals surface area contributed by atoms with Crippen LogP contribution in [0.1, 0.15) is 39.3 Å². The number of rotatable bonds is 4. The Balaban J connectivity index is 2.57. The van der Waals surface area contributed by atoms with Crippen molar-refractivity contribution in [2.24, 2.45) is 5.41 Å². The number of nitrogens with one attached hydrogen (secondary N) is 1. The molecule has 0 spiro atoms. The highest BCUT2D eigenvalue weighted by Crippen LogP contribution is 2.20. The minimum atomic E-state index is -0.447. The van der Waals surface area contributed by atoms with Gasteiger partial charge in [-0.3, -0.25) is 0 Å².